The number of carbonyl (C=O) groups excluding carboxylic acids is 1. The zero-order chi connectivity index (χ0) is 22.1. The van der Waals surface area contributed by atoms with E-state index in [9.17, 15) is 4.79 Å². The molecule has 0 spiro atoms. The lowest BCUT2D eigenvalue weighted by atomic mass is 9.92. The van der Waals surface area contributed by atoms with Crippen molar-refractivity contribution < 1.29 is 9.53 Å². The quantitative estimate of drug-likeness (QED) is 0.640. The molecule has 1 aromatic carbocycles. The van der Waals surface area contributed by atoms with Crippen molar-refractivity contribution >= 4 is 29.0 Å². The highest BCUT2D eigenvalue weighted by Crippen LogP contribution is 2.34. The fourth-order valence-electron chi connectivity index (χ4n) is 4.44. The molecule has 1 saturated heterocycles. The Morgan fingerprint density at radius 2 is 2.03 bits per heavy atom. The largest absolute Gasteiger partial charge is 0.480 e. The second-order valence-electron chi connectivity index (χ2n) is 8.30. The maximum atomic E-state index is 13.0. The lowest BCUT2D eigenvalue weighted by Crippen LogP contribution is -2.45. The SMILES string of the molecule is Cc1cc(Nc2cnccn2)cc(C2CCN(C(=O)[C@@H]3Cc4cc(Cl)ccc4O3)CC2)n1. The second-order valence-corrected chi connectivity index (χ2v) is 8.74. The standard InChI is InChI=1S/C24H24ClN5O2/c1-15-10-19(29-23-14-26-6-7-27-23)13-20(28-15)16-4-8-30(9-5-16)24(31)22-12-17-11-18(25)2-3-21(17)32-22/h2-3,6-7,10-11,13-14,16,22H,4-5,8-9,12H2,1H3,(H,27,28,29)/t22-/m0/s1. The summed E-state index contributed by atoms with van der Waals surface area (Å²) in [5.74, 6) is 1.82. The number of pyridine rings is 1. The van der Waals surface area contributed by atoms with Crippen molar-refractivity contribution in [3.8, 4) is 5.75 Å². The van der Waals surface area contributed by atoms with Crippen LogP contribution in [-0.4, -0.2) is 45.0 Å². The van der Waals surface area contributed by atoms with Gasteiger partial charge < -0.3 is 15.0 Å². The highest BCUT2D eigenvalue weighted by molar-refractivity contribution is 6.30. The van der Waals surface area contributed by atoms with Gasteiger partial charge in [0.15, 0.2) is 6.10 Å². The van der Waals surface area contributed by atoms with E-state index in [1.807, 2.05) is 30.0 Å². The maximum absolute atomic E-state index is 13.0. The number of nitrogens with one attached hydrogen (secondary N) is 1. The van der Waals surface area contributed by atoms with Gasteiger partial charge in [-0.05, 0) is 55.7 Å². The van der Waals surface area contributed by atoms with Crippen LogP contribution in [0.3, 0.4) is 0 Å². The van der Waals surface area contributed by atoms with E-state index >= 15 is 0 Å². The monoisotopic (exact) mass is 449 g/mol. The fourth-order valence-corrected chi connectivity index (χ4v) is 4.64. The normalized spacial score (nSPS) is 18.2. The van der Waals surface area contributed by atoms with Crippen LogP contribution in [0.15, 0.2) is 48.9 Å². The van der Waals surface area contributed by atoms with Crippen LogP contribution in [0.1, 0.15) is 35.7 Å². The van der Waals surface area contributed by atoms with E-state index in [1.54, 1.807) is 24.7 Å². The zero-order valence-electron chi connectivity index (χ0n) is 17.8. The van der Waals surface area contributed by atoms with Gasteiger partial charge in [0.05, 0.1) is 6.20 Å². The van der Waals surface area contributed by atoms with Crippen molar-refractivity contribution in [2.75, 3.05) is 18.4 Å². The van der Waals surface area contributed by atoms with E-state index in [0.29, 0.717) is 36.3 Å². The van der Waals surface area contributed by atoms with E-state index in [2.05, 4.69) is 21.4 Å². The fraction of sp³-hybridized carbons (Fsp3) is 0.333. The van der Waals surface area contributed by atoms with Crippen molar-refractivity contribution in [2.24, 2.45) is 0 Å². The molecule has 5 rings (SSSR count). The number of rotatable bonds is 4. The molecule has 0 radical (unpaired) electrons. The number of amides is 1. The minimum absolute atomic E-state index is 0.0537. The number of carbonyl (C=O) groups is 1. The van der Waals surface area contributed by atoms with Gasteiger partial charge in [0.2, 0.25) is 0 Å². The van der Waals surface area contributed by atoms with Crippen LogP contribution in [0.5, 0.6) is 5.75 Å². The summed E-state index contributed by atoms with van der Waals surface area (Å²) in [6.45, 7) is 3.39. The Bertz CT molecular complexity index is 1130. The average molecular weight is 450 g/mol. The third-order valence-corrected chi connectivity index (χ3v) is 6.24. The van der Waals surface area contributed by atoms with Crippen molar-refractivity contribution in [3.05, 3.63) is 70.9 Å². The zero-order valence-corrected chi connectivity index (χ0v) is 18.5. The Hall–Kier alpha value is -3.19. The number of aromatic nitrogens is 3. The smallest absolute Gasteiger partial charge is 0.263 e. The average Bonchev–Trinajstić information content (AvgIpc) is 3.22. The molecule has 1 atom stereocenters. The van der Waals surface area contributed by atoms with Gasteiger partial charge >= 0.3 is 0 Å². The van der Waals surface area contributed by atoms with Crippen LogP contribution < -0.4 is 10.1 Å². The predicted molar refractivity (Wildman–Crippen MR) is 122 cm³/mol. The number of piperidine rings is 1. The van der Waals surface area contributed by atoms with Crippen molar-refractivity contribution in [1.29, 1.82) is 0 Å². The summed E-state index contributed by atoms with van der Waals surface area (Å²) in [5, 5.41) is 3.96. The van der Waals surface area contributed by atoms with Gasteiger partial charge in [-0.15, -0.1) is 0 Å². The van der Waals surface area contributed by atoms with Crippen molar-refractivity contribution in [3.63, 3.8) is 0 Å². The van der Waals surface area contributed by atoms with Gasteiger partial charge in [0, 0.05) is 59.9 Å². The van der Waals surface area contributed by atoms with E-state index in [1.165, 1.54) is 0 Å². The first-order valence-electron chi connectivity index (χ1n) is 10.8. The van der Waals surface area contributed by atoms with Crippen LogP contribution in [0.2, 0.25) is 5.02 Å². The summed E-state index contributed by atoms with van der Waals surface area (Å²) < 4.78 is 5.89. The minimum atomic E-state index is -0.458. The molecule has 0 aliphatic carbocycles. The Morgan fingerprint density at radius 3 is 2.81 bits per heavy atom. The summed E-state index contributed by atoms with van der Waals surface area (Å²) >= 11 is 6.07. The second kappa shape index (κ2) is 8.74. The number of likely N-dealkylation sites (tertiary alicyclic amines) is 1. The van der Waals surface area contributed by atoms with Gasteiger partial charge in [0.25, 0.3) is 5.91 Å². The molecule has 1 N–H and O–H groups in total. The lowest BCUT2D eigenvalue weighted by Gasteiger charge is -2.33. The first-order valence-corrected chi connectivity index (χ1v) is 11.2. The molecule has 164 valence electrons. The molecule has 2 aliphatic rings. The number of halogens is 1. The van der Waals surface area contributed by atoms with Crippen molar-refractivity contribution in [1.82, 2.24) is 19.9 Å². The third-order valence-electron chi connectivity index (χ3n) is 6.01. The van der Waals surface area contributed by atoms with Gasteiger partial charge in [0.1, 0.15) is 11.6 Å². The number of hydrogen-bond acceptors (Lipinski definition) is 6. The van der Waals surface area contributed by atoms with Crippen LogP contribution in [0.25, 0.3) is 0 Å². The van der Waals surface area contributed by atoms with Gasteiger partial charge in [-0.25, -0.2) is 4.98 Å². The number of nitrogens with zero attached hydrogens (tertiary/aromatic N) is 4. The topological polar surface area (TPSA) is 80.2 Å². The summed E-state index contributed by atoms with van der Waals surface area (Å²) in [6.07, 6.45) is 6.86. The number of anilines is 2. The molecule has 4 heterocycles. The number of aryl methyl sites for hydroxylation is 1. The van der Waals surface area contributed by atoms with Crippen molar-refractivity contribution in [2.45, 2.75) is 38.2 Å². The maximum Gasteiger partial charge on any atom is 0.263 e. The number of fused-ring (bicyclic) bond motifs is 1. The third kappa shape index (κ3) is 4.39. The molecule has 2 aliphatic heterocycles. The number of ether oxygens (including phenoxy) is 1. The minimum Gasteiger partial charge on any atom is -0.480 e. The molecule has 32 heavy (non-hydrogen) atoms. The Balaban J connectivity index is 1.22. The van der Waals surface area contributed by atoms with E-state index in [0.717, 1.165) is 41.2 Å². The van der Waals surface area contributed by atoms with Gasteiger partial charge in [-0.2, -0.15) is 0 Å². The Morgan fingerprint density at radius 1 is 1.19 bits per heavy atom. The van der Waals surface area contributed by atoms with E-state index in [-0.39, 0.29) is 5.91 Å². The molecule has 3 aromatic rings. The molecule has 0 bridgehead atoms. The van der Waals surface area contributed by atoms with Gasteiger partial charge in [-0.1, -0.05) is 11.6 Å². The number of hydrogen-bond donors (Lipinski definition) is 1. The molecular formula is C24H24ClN5O2. The molecule has 0 saturated carbocycles. The number of benzene rings is 1. The summed E-state index contributed by atoms with van der Waals surface area (Å²) in [5.41, 5.74) is 3.94. The predicted octanol–water partition coefficient (Wildman–Crippen LogP) is 4.29. The van der Waals surface area contributed by atoms with Gasteiger partial charge in [-0.3, -0.25) is 14.8 Å². The molecular weight excluding hydrogens is 426 g/mol. The molecule has 1 fully saturated rings. The van der Waals surface area contributed by atoms with Crippen LogP contribution in [0, 0.1) is 6.92 Å². The highest BCUT2D eigenvalue weighted by Gasteiger charge is 2.34. The molecule has 0 unspecified atom stereocenters. The van der Waals surface area contributed by atoms with E-state index < -0.39 is 6.10 Å². The summed E-state index contributed by atoms with van der Waals surface area (Å²) in [6, 6.07) is 9.59. The molecule has 2 aromatic heterocycles. The lowest BCUT2D eigenvalue weighted by molar-refractivity contribution is -0.139. The summed E-state index contributed by atoms with van der Waals surface area (Å²) in [7, 11) is 0. The Kier molecular flexibility index (Phi) is 5.66. The van der Waals surface area contributed by atoms with Crippen LogP contribution >= 0.6 is 11.6 Å². The van der Waals surface area contributed by atoms with Crippen LogP contribution in [-0.2, 0) is 11.2 Å². The van der Waals surface area contributed by atoms with E-state index in [4.69, 9.17) is 21.3 Å². The highest BCUT2D eigenvalue weighted by atomic mass is 35.5. The van der Waals surface area contributed by atoms with Crippen LogP contribution in [0.4, 0.5) is 11.5 Å². The summed E-state index contributed by atoms with van der Waals surface area (Å²) in [4.78, 5) is 28.1. The molecule has 1 amide bonds. The Labute approximate surface area is 191 Å². The molecule has 7 nitrogen and oxygen atoms in total. The first kappa shape index (κ1) is 20.7. The molecule has 8 heteroatoms. The first-order chi connectivity index (χ1) is 15.5.